The van der Waals surface area contributed by atoms with Gasteiger partial charge in [-0.1, -0.05) is 12.1 Å². The quantitative estimate of drug-likeness (QED) is 0.810. The minimum atomic E-state index is -2.90. The first-order valence-electron chi connectivity index (χ1n) is 6.64. The van der Waals surface area contributed by atoms with Crippen molar-refractivity contribution in [1.29, 1.82) is 0 Å². The van der Waals surface area contributed by atoms with Gasteiger partial charge in [0.2, 0.25) is 0 Å². The third-order valence-electron chi connectivity index (χ3n) is 3.11. The van der Waals surface area contributed by atoms with Crippen LogP contribution in [0.4, 0.5) is 10.6 Å². The van der Waals surface area contributed by atoms with Gasteiger partial charge in [0.1, 0.15) is 0 Å². The van der Waals surface area contributed by atoms with Gasteiger partial charge in [-0.3, -0.25) is 10.00 Å². The second-order valence-electron chi connectivity index (χ2n) is 4.97. The first-order chi connectivity index (χ1) is 9.48. The molecule has 1 atom stereocenters. The first-order valence-corrected chi connectivity index (χ1v) is 8.46. The summed E-state index contributed by atoms with van der Waals surface area (Å²) in [5.41, 5.74) is 0. The Balaban J connectivity index is 1.75. The van der Waals surface area contributed by atoms with Crippen LogP contribution in [0.1, 0.15) is 19.8 Å². The number of rotatable bonds is 5. The lowest BCUT2D eigenvalue weighted by atomic mass is 10.1. The molecule has 2 heterocycles. The van der Waals surface area contributed by atoms with Crippen LogP contribution in [0.2, 0.25) is 0 Å². The molecule has 0 aliphatic carbocycles. The highest BCUT2D eigenvalue weighted by Gasteiger charge is 2.27. The van der Waals surface area contributed by atoms with E-state index in [2.05, 4.69) is 20.9 Å². The molecule has 9 heteroatoms. The molecule has 0 spiro atoms. The Kier molecular flexibility index (Phi) is 4.58. The van der Waals surface area contributed by atoms with Gasteiger partial charge in [-0.2, -0.15) is 0 Å². The molecule has 0 bridgehead atoms. The molecule has 2 rings (SSSR count). The van der Waals surface area contributed by atoms with Gasteiger partial charge in [-0.25, -0.2) is 13.2 Å². The zero-order valence-corrected chi connectivity index (χ0v) is 12.2. The van der Waals surface area contributed by atoms with E-state index < -0.39 is 15.9 Å². The van der Waals surface area contributed by atoms with Gasteiger partial charge >= 0.3 is 6.03 Å². The van der Waals surface area contributed by atoms with Crippen molar-refractivity contribution in [3.05, 3.63) is 6.20 Å². The van der Waals surface area contributed by atoms with Crippen molar-refractivity contribution >= 4 is 21.7 Å². The average molecular weight is 301 g/mol. The fourth-order valence-corrected chi connectivity index (χ4v) is 3.99. The summed E-state index contributed by atoms with van der Waals surface area (Å²) in [6.45, 7) is 3.13. The van der Waals surface area contributed by atoms with E-state index >= 15 is 0 Å². The van der Waals surface area contributed by atoms with E-state index in [1.165, 1.54) is 0 Å². The highest BCUT2D eigenvalue weighted by molar-refractivity contribution is 7.91. The Bertz CT molecular complexity index is 568. The highest BCUT2D eigenvalue weighted by atomic mass is 32.2. The fraction of sp³-hybridized carbons (Fsp3) is 0.727. The van der Waals surface area contributed by atoms with Gasteiger partial charge in [0, 0.05) is 13.1 Å². The number of aryl methyl sites for hydroxylation is 1. The lowest BCUT2D eigenvalue weighted by Crippen LogP contribution is -2.33. The topological polar surface area (TPSA) is 106 Å². The maximum Gasteiger partial charge on any atom is 0.320 e. The maximum absolute atomic E-state index is 11.6. The summed E-state index contributed by atoms with van der Waals surface area (Å²) < 4.78 is 24.2. The van der Waals surface area contributed by atoms with Crippen LogP contribution < -0.4 is 10.6 Å². The van der Waals surface area contributed by atoms with Gasteiger partial charge in [0.15, 0.2) is 15.7 Å². The summed E-state index contributed by atoms with van der Waals surface area (Å²) in [4.78, 5) is 11.6. The number of anilines is 1. The normalized spacial score (nSPS) is 20.8. The third-order valence-corrected chi connectivity index (χ3v) is 4.95. The van der Waals surface area contributed by atoms with Crippen LogP contribution in [0, 0.1) is 5.92 Å². The van der Waals surface area contributed by atoms with Gasteiger partial charge in [0.25, 0.3) is 0 Å². The largest absolute Gasteiger partial charge is 0.338 e. The van der Waals surface area contributed by atoms with E-state index in [-0.39, 0.29) is 17.4 Å². The molecule has 0 radical (unpaired) electrons. The molecule has 1 aromatic heterocycles. The molecule has 1 aliphatic rings. The first kappa shape index (κ1) is 14.8. The molecule has 1 saturated heterocycles. The molecule has 0 aromatic carbocycles. The molecule has 1 fully saturated rings. The third kappa shape index (κ3) is 4.19. The summed E-state index contributed by atoms with van der Waals surface area (Å²) in [5, 5.41) is 12.9. The van der Waals surface area contributed by atoms with Gasteiger partial charge in [-0.15, -0.1) is 5.10 Å². The summed E-state index contributed by atoms with van der Waals surface area (Å²) in [6, 6.07) is -0.391. The van der Waals surface area contributed by atoms with E-state index in [4.69, 9.17) is 0 Å². The number of nitrogens with zero attached hydrogens (tertiary/aromatic N) is 3. The van der Waals surface area contributed by atoms with Crippen molar-refractivity contribution in [2.45, 2.75) is 26.3 Å². The number of urea groups is 1. The van der Waals surface area contributed by atoms with Crippen LogP contribution in [0.3, 0.4) is 0 Å². The standard InChI is InChI=1S/C11H19N5O3S/c1-2-4-16-7-10(14-15-16)13-11(17)12-6-9-3-5-20(18,19)8-9/h7,9H,2-6,8H2,1H3,(H2,12,13,17)/t9-/m0/s1. The molecule has 1 aromatic rings. The van der Waals surface area contributed by atoms with Gasteiger partial charge < -0.3 is 5.32 Å². The van der Waals surface area contributed by atoms with Gasteiger partial charge in [-0.05, 0) is 18.8 Å². The fourth-order valence-electron chi connectivity index (χ4n) is 2.12. The van der Waals surface area contributed by atoms with Crippen molar-refractivity contribution in [3.8, 4) is 0 Å². The Labute approximate surface area is 117 Å². The monoisotopic (exact) mass is 301 g/mol. The van der Waals surface area contributed by atoms with E-state index in [1.807, 2.05) is 6.92 Å². The zero-order chi connectivity index (χ0) is 14.6. The van der Waals surface area contributed by atoms with Crippen molar-refractivity contribution in [1.82, 2.24) is 20.3 Å². The SMILES string of the molecule is CCCn1cc(NC(=O)NC[C@@H]2CCS(=O)(=O)C2)nn1. The highest BCUT2D eigenvalue weighted by Crippen LogP contribution is 2.17. The molecular weight excluding hydrogens is 282 g/mol. The number of nitrogens with one attached hydrogen (secondary N) is 2. The molecular formula is C11H19N5O3S. The number of carbonyl (C=O) groups excluding carboxylic acids is 1. The molecule has 112 valence electrons. The van der Waals surface area contributed by atoms with E-state index in [1.54, 1.807) is 10.9 Å². The Morgan fingerprint density at radius 1 is 1.55 bits per heavy atom. The van der Waals surface area contributed by atoms with Crippen LogP contribution in [0.25, 0.3) is 0 Å². The average Bonchev–Trinajstić information content (AvgIpc) is 2.94. The maximum atomic E-state index is 11.6. The number of amides is 2. The van der Waals surface area contributed by atoms with Crippen LogP contribution in [-0.4, -0.2) is 47.5 Å². The molecule has 0 unspecified atom stereocenters. The van der Waals surface area contributed by atoms with E-state index in [0.717, 1.165) is 13.0 Å². The molecule has 0 saturated carbocycles. The number of sulfone groups is 1. The summed E-state index contributed by atoms with van der Waals surface area (Å²) in [6.07, 6.45) is 3.20. The Morgan fingerprint density at radius 2 is 2.35 bits per heavy atom. The molecule has 8 nitrogen and oxygen atoms in total. The van der Waals surface area contributed by atoms with Crippen molar-refractivity contribution < 1.29 is 13.2 Å². The number of aromatic nitrogens is 3. The lowest BCUT2D eigenvalue weighted by molar-refractivity contribution is 0.250. The minimum absolute atomic E-state index is 0.00141. The summed E-state index contributed by atoms with van der Waals surface area (Å²) in [7, 11) is -2.90. The second kappa shape index (κ2) is 6.21. The zero-order valence-electron chi connectivity index (χ0n) is 11.4. The summed E-state index contributed by atoms with van der Waals surface area (Å²) in [5.74, 6) is 0.753. The smallest absolute Gasteiger partial charge is 0.320 e. The summed E-state index contributed by atoms with van der Waals surface area (Å²) >= 11 is 0. The second-order valence-corrected chi connectivity index (χ2v) is 7.20. The molecule has 20 heavy (non-hydrogen) atoms. The minimum Gasteiger partial charge on any atom is -0.338 e. The number of hydrogen-bond acceptors (Lipinski definition) is 5. The Morgan fingerprint density at radius 3 is 3.00 bits per heavy atom. The molecule has 1 aliphatic heterocycles. The van der Waals surface area contributed by atoms with Crippen LogP contribution in [0.15, 0.2) is 6.20 Å². The van der Waals surface area contributed by atoms with E-state index in [0.29, 0.717) is 18.8 Å². The number of carbonyl (C=O) groups is 1. The van der Waals surface area contributed by atoms with Crippen molar-refractivity contribution in [3.63, 3.8) is 0 Å². The van der Waals surface area contributed by atoms with Crippen molar-refractivity contribution in [2.24, 2.45) is 5.92 Å². The predicted molar refractivity (Wildman–Crippen MR) is 74.1 cm³/mol. The van der Waals surface area contributed by atoms with Crippen molar-refractivity contribution in [2.75, 3.05) is 23.4 Å². The Hall–Kier alpha value is -1.64. The van der Waals surface area contributed by atoms with Crippen LogP contribution >= 0.6 is 0 Å². The van der Waals surface area contributed by atoms with E-state index in [9.17, 15) is 13.2 Å². The predicted octanol–water partition coefficient (Wildman–Crippen LogP) is 0.244. The van der Waals surface area contributed by atoms with Crippen LogP contribution in [-0.2, 0) is 16.4 Å². The van der Waals surface area contributed by atoms with Gasteiger partial charge in [0.05, 0.1) is 17.7 Å². The van der Waals surface area contributed by atoms with Crippen LogP contribution in [0.5, 0.6) is 0 Å². The molecule has 2 amide bonds. The number of hydrogen-bond donors (Lipinski definition) is 2. The lowest BCUT2D eigenvalue weighted by Gasteiger charge is -2.09. The molecule has 2 N–H and O–H groups in total.